The molecule has 0 aliphatic rings. The molecule has 1 heterocycles. The largest absolute Gasteiger partial charge is 0.382 e. The van der Waals surface area contributed by atoms with Gasteiger partial charge >= 0.3 is 15.8 Å². The molecule has 1 N–H and O–H groups in total. The fourth-order valence-corrected chi connectivity index (χ4v) is 5.14. The lowest BCUT2D eigenvalue weighted by Gasteiger charge is -2.34. The zero-order valence-electron chi connectivity index (χ0n) is 21.3. The van der Waals surface area contributed by atoms with Crippen LogP contribution in [0.1, 0.15) is 11.1 Å². The first kappa shape index (κ1) is 29.3. The van der Waals surface area contributed by atoms with E-state index in [1.165, 1.54) is 59.8 Å². The molecule has 0 saturated heterocycles. The molecule has 0 aliphatic heterocycles. The highest BCUT2D eigenvalue weighted by molar-refractivity contribution is 7.87. The summed E-state index contributed by atoms with van der Waals surface area (Å²) in [4.78, 5) is 15.7. The van der Waals surface area contributed by atoms with E-state index in [1.807, 2.05) is 0 Å². The lowest BCUT2D eigenvalue weighted by molar-refractivity contribution is -0.385. The summed E-state index contributed by atoms with van der Waals surface area (Å²) in [6.45, 7) is -0.307. The Labute approximate surface area is 233 Å². The molecule has 0 spiro atoms. The van der Waals surface area contributed by atoms with E-state index in [2.05, 4.69) is 16.0 Å². The van der Waals surface area contributed by atoms with Crippen molar-refractivity contribution in [1.82, 2.24) is 19.7 Å². The van der Waals surface area contributed by atoms with Crippen molar-refractivity contribution < 1.29 is 31.4 Å². The smallest absolute Gasteiger partial charge is 0.339 e. The van der Waals surface area contributed by atoms with Gasteiger partial charge in [0.25, 0.3) is 0 Å². The molecule has 14 heteroatoms. The number of hydrogen-bond acceptors (Lipinski definition) is 9. The molecule has 0 radical (unpaired) electrons. The van der Waals surface area contributed by atoms with Gasteiger partial charge < -0.3 is 9.29 Å². The number of nitro groups is 1. The number of aromatic nitrogens is 3. The highest BCUT2D eigenvalue weighted by Crippen LogP contribution is 2.30. The van der Waals surface area contributed by atoms with Gasteiger partial charge in [0.15, 0.2) is 0 Å². The minimum absolute atomic E-state index is 0.0172. The maximum atomic E-state index is 14.8. The third-order valence-corrected chi connectivity index (χ3v) is 7.25. The van der Waals surface area contributed by atoms with Crippen molar-refractivity contribution in [3.8, 4) is 18.1 Å². The number of nitro benzene ring substituents is 1. The molecule has 0 bridgehead atoms. The van der Waals surface area contributed by atoms with Crippen LogP contribution in [0.2, 0.25) is 0 Å². The van der Waals surface area contributed by atoms with Gasteiger partial charge in [0.1, 0.15) is 34.8 Å². The second kappa shape index (κ2) is 12.2. The summed E-state index contributed by atoms with van der Waals surface area (Å²) in [5, 5.41) is 26.8. The third kappa shape index (κ3) is 7.09. The van der Waals surface area contributed by atoms with Crippen LogP contribution in [-0.4, -0.2) is 51.2 Å². The van der Waals surface area contributed by atoms with E-state index >= 15 is 0 Å². The maximum absolute atomic E-state index is 14.8. The van der Waals surface area contributed by atoms with E-state index in [0.717, 1.165) is 18.2 Å². The Morgan fingerprint density at radius 3 is 2.51 bits per heavy atom. The first-order chi connectivity index (χ1) is 19.5. The van der Waals surface area contributed by atoms with Crippen molar-refractivity contribution in [2.75, 3.05) is 13.1 Å². The lowest BCUT2D eigenvalue weighted by Crippen LogP contribution is -2.44. The lowest BCUT2D eigenvalue weighted by atomic mass is 9.92. The summed E-state index contributed by atoms with van der Waals surface area (Å²) in [5.41, 5.74) is -2.02. The summed E-state index contributed by atoms with van der Waals surface area (Å²) in [6, 6.07) is 13.4. The Hall–Kier alpha value is -4.71. The van der Waals surface area contributed by atoms with E-state index in [1.54, 1.807) is 4.90 Å². The standard InChI is InChI=1S/C27H23F2N5O6S/c1-2-13-32(16-27(35,17-33-19-30-18-31-33)23-12-9-21(28)14-24(23)29)15-20-7-10-22(11-8-20)41(38,39)40-26-6-4-3-5-25(26)34(36)37/h1,3-12,14,18-19,35H,13,15-17H2. The molecule has 3 aromatic carbocycles. The Morgan fingerprint density at radius 1 is 1.15 bits per heavy atom. The first-order valence-electron chi connectivity index (χ1n) is 11.9. The Kier molecular flexibility index (Phi) is 8.72. The van der Waals surface area contributed by atoms with Crippen molar-refractivity contribution in [2.45, 2.75) is 23.6 Å². The van der Waals surface area contributed by atoms with Crippen LogP contribution in [0.15, 0.2) is 84.3 Å². The van der Waals surface area contributed by atoms with Crippen molar-refractivity contribution in [3.63, 3.8) is 0 Å². The average molecular weight is 584 g/mol. The number of rotatable bonds is 12. The van der Waals surface area contributed by atoms with Gasteiger partial charge in [-0.25, -0.2) is 18.4 Å². The monoisotopic (exact) mass is 583 g/mol. The summed E-state index contributed by atoms with van der Waals surface area (Å²) < 4.78 is 60.3. The topological polar surface area (TPSA) is 141 Å². The van der Waals surface area contributed by atoms with Crippen molar-refractivity contribution >= 4 is 15.8 Å². The van der Waals surface area contributed by atoms with Crippen LogP contribution in [0.4, 0.5) is 14.5 Å². The molecule has 11 nitrogen and oxygen atoms in total. The maximum Gasteiger partial charge on any atom is 0.339 e. The van der Waals surface area contributed by atoms with Crippen LogP contribution in [0.5, 0.6) is 5.75 Å². The Morgan fingerprint density at radius 2 is 1.88 bits per heavy atom. The average Bonchev–Trinajstić information content (AvgIpc) is 3.41. The molecule has 212 valence electrons. The van der Waals surface area contributed by atoms with Crippen molar-refractivity contribution in [2.24, 2.45) is 0 Å². The van der Waals surface area contributed by atoms with Gasteiger partial charge in [0, 0.05) is 30.8 Å². The van der Waals surface area contributed by atoms with Crippen LogP contribution in [0.25, 0.3) is 0 Å². The van der Waals surface area contributed by atoms with Crippen LogP contribution in [0, 0.1) is 34.1 Å². The molecule has 4 aromatic rings. The van der Waals surface area contributed by atoms with E-state index in [0.29, 0.717) is 11.6 Å². The van der Waals surface area contributed by atoms with Crippen LogP contribution in [-0.2, 0) is 28.8 Å². The number of aliphatic hydroxyl groups is 1. The first-order valence-corrected chi connectivity index (χ1v) is 13.3. The van der Waals surface area contributed by atoms with E-state index in [9.17, 15) is 32.4 Å². The summed E-state index contributed by atoms with van der Waals surface area (Å²) in [7, 11) is -4.41. The van der Waals surface area contributed by atoms with Gasteiger partial charge in [-0.3, -0.25) is 15.0 Å². The predicted octanol–water partition coefficient (Wildman–Crippen LogP) is 3.26. The molecule has 0 saturated carbocycles. The number of terminal acetylenes is 1. The number of para-hydroxylation sites is 2. The van der Waals surface area contributed by atoms with Gasteiger partial charge in [-0.05, 0) is 29.8 Å². The number of hydrogen-bond donors (Lipinski definition) is 1. The molecule has 0 aliphatic carbocycles. The molecule has 1 aromatic heterocycles. The molecule has 1 atom stereocenters. The zero-order chi connectivity index (χ0) is 29.6. The van der Waals surface area contributed by atoms with Gasteiger partial charge in [-0.15, -0.1) is 6.42 Å². The number of halogens is 2. The van der Waals surface area contributed by atoms with Gasteiger partial charge in [0.05, 0.1) is 18.0 Å². The van der Waals surface area contributed by atoms with E-state index in [-0.39, 0.29) is 36.6 Å². The highest BCUT2D eigenvalue weighted by Gasteiger charge is 2.35. The van der Waals surface area contributed by atoms with Crippen LogP contribution in [0.3, 0.4) is 0 Å². The van der Waals surface area contributed by atoms with E-state index in [4.69, 9.17) is 10.6 Å². The van der Waals surface area contributed by atoms with Crippen molar-refractivity contribution in [1.29, 1.82) is 0 Å². The van der Waals surface area contributed by atoms with Gasteiger partial charge in [-0.2, -0.15) is 13.5 Å². The second-order valence-corrected chi connectivity index (χ2v) is 10.6. The normalized spacial score (nSPS) is 13.0. The molecular weight excluding hydrogens is 560 g/mol. The van der Waals surface area contributed by atoms with Crippen molar-refractivity contribution in [3.05, 3.63) is 112 Å². The molecule has 4 rings (SSSR count). The van der Waals surface area contributed by atoms with Gasteiger partial charge in [-0.1, -0.05) is 36.3 Å². The van der Waals surface area contributed by atoms with Crippen LogP contribution < -0.4 is 4.18 Å². The quantitative estimate of drug-likeness (QED) is 0.115. The Bertz CT molecular complexity index is 1680. The fraction of sp³-hybridized carbons (Fsp3) is 0.185. The fourth-order valence-electron chi connectivity index (χ4n) is 4.20. The minimum atomic E-state index is -4.41. The minimum Gasteiger partial charge on any atom is -0.382 e. The second-order valence-electron chi connectivity index (χ2n) is 9.00. The molecular formula is C27H23F2N5O6S. The summed E-state index contributed by atoms with van der Waals surface area (Å²) >= 11 is 0. The number of nitrogens with zero attached hydrogens (tertiary/aromatic N) is 5. The Balaban J connectivity index is 1.56. The highest BCUT2D eigenvalue weighted by atomic mass is 32.2. The third-order valence-electron chi connectivity index (χ3n) is 6.00. The zero-order valence-corrected chi connectivity index (χ0v) is 22.1. The van der Waals surface area contributed by atoms with E-state index < -0.39 is 43.7 Å². The predicted molar refractivity (Wildman–Crippen MR) is 142 cm³/mol. The SMILES string of the molecule is C#CCN(Cc1ccc(S(=O)(=O)Oc2ccccc2[N+](=O)[O-])cc1)CC(O)(Cn1cncn1)c1ccc(F)cc1F. The molecule has 41 heavy (non-hydrogen) atoms. The summed E-state index contributed by atoms with van der Waals surface area (Å²) in [5.74, 6) is 0.282. The molecule has 1 unspecified atom stereocenters. The summed E-state index contributed by atoms with van der Waals surface area (Å²) in [6.07, 6.45) is 8.13. The molecule has 0 amide bonds. The molecule has 0 fully saturated rings. The van der Waals surface area contributed by atoms with Crippen LogP contribution >= 0.6 is 0 Å². The van der Waals surface area contributed by atoms with Gasteiger partial charge in [0.2, 0.25) is 5.75 Å². The number of benzene rings is 3.